The molecule has 1 N–H and O–H groups in total. The Morgan fingerprint density at radius 3 is 2.29 bits per heavy atom. The number of aromatic nitrogens is 2. The number of carbonyl (C=O) groups is 2. The van der Waals surface area contributed by atoms with Gasteiger partial charge < -0.3 is 19.4 Å². The van der Waals surface area contributed by atoms with Gasteiger partial charge in [0.15, 0.2) is 0 Å². The lowest BCUT2D eigenvalue weighted by molar-refractivity contribution is -0.132. The fourth-order valence-electron chi connectivity index (χ4n) is 3.44. The number of nitrogens with one attached hydrogen (secondary N) is 1. The van der Waals surface area contributed by atoms with Crippen LogP contribution in [0.5, 0.6) is 0 Å². The third-order valence-corrected chi connectivity index (χ3v) is 5.26. The van der Waals surface area contributed by atoms with Gasteiger partial charge in [-0.25, -0.2) is 13.8 Å². The van der Waals surface area contributed by atoms with E-state index in [2.05, 4.69) is 23.1 Å². The summed E-state index contributed by atoms with van der Waals surface area (Å²) in [6.45, 7) is 8.21. The minimum absolute atomic E-state index is 0.0361. The number of imidazole rings is 1. The molecule has 1 saturated heterocycles. The van der Waals surface area contributed by atoms with Crippen molar-refractivity contribution < 1.29 is 23.1 Å². The molecule has 180 valence electrons. The first-order chi connectivity index (χ1) is 16.2. The lowest BCUT2D eigenvalue weighted by Crippen LogP contribution is -2.39. The molecule has 9 heteroatoms. The zero-order valence-electron chi connectivity index (χ0n) is 19.7. The molecule has 0 atom stereocenters. The molecule has 0 unspecified atom stereocenters. The minimum Gasteiger partial charge on any atom is -0.378 e. The number of morpholine rings is 1. The fourth-order valence-corrected chi connectivity index (χ4v) is 3.44. The van der Waals surface area contributed by atoms with Gasteiger partial charge in [0.25, 0.3) is 5.91 Å². The van der Waals surface area contributed by atoms with E-state index in [9.17, 15) is 18.4 Å². The van der Waals surface area contributed by atoms with Gasteiger partial charge in [0.05, 0.1) is 24.5 Å². The van der Waals surface area contributed by atoms with Crippen molar-refractivity contribution in [2.24, 2.45) is 0 Å². The maximum absolute atomic E-state index is 14.4. The van der Waals surface area contributed by atoms with Crippen LogP contribution in [0.1, 0.15) is 28.5 Å². The first kappa shape index (κ1) is 26.5. The summed E-state index contributed by atoms with van der Waals surface area (Å²) in [5.74, 6) is -1.99. The minimum atomic E-state index is -0.784. The molecule has 0 saturated carbocycles. The molecule has 4 rings (SSSR count). The van der Waals surface area contributed by atoms with Gasteiger partial charge in [-0.05, 0) is 43.7 Å². The highest BCUT2D eigenvalue weighted by molar-refractivity contribution is 5.94. The summed E-state index contributed by atoms with van der Waals surface area (Å²) in [4.78, 5) is 28.4. The third kappa shape index (κ3) is 5.97. The van der Waals surface area contributed by atoms with Crippen LogP contribution in [0.3, 0.4) is 0 Å². The Hall–Kier alpha value is -3.77. The van der Waals surface area contributed by atoms with Crippen molar-refractivity contribution in [1.29, 1.82) is 0 Å². The normalized spacial score (nSPS) is 12.8. The Bertz CT molecular complexity index is 1200. The number of hydrogen-bond donors (Lipinski definition) is 1. The predicted molar refractivity (Wildman–Crippen MR) is 126 cm³/mol. The van der Waals surface area contributed by atoms with Gasteiger partial charge in [-0.1, -0.05) is 0 Å². The van der Waals surface area contributed by atoms with E-state index < -0.39 is 17.5 Å². The Morgan fingerprint density at radius 2 is 1.74 bits per heavy atom. The average molecular weight is 471 g/mol. The number of nitrogens with zero attached hydrogens (tertiary/aromatic N) is 3. The topological polar surface area (TPSA) is 75.9 Å². The standard InChI is InChI=1S/C17H15F2N3O.C6H11NO2.C2H2/c1-9-4-5-22-10(2)16(21-15(22)6-9)11-7-14(19)12(8-13(11)18)17(23)20-3;1-6(8)7-2-4-9-5-3-7;1-2/h4-8H,1-3H3,(H,20,23);2-5H2,1H3;1-2H. The highest BCUT2D eigenvalue weighted by Gasteiger charge is 2.20. The molecule has 1 aromatic carbocycles. The van der Waals surface area contributed by atoms with Crippen molar-refractivity contribution in [3.8, 4) is 24.1 Å². The van der Waals surface area contributed by atoms with E-state index in [1.165, 1.54) is 7.05 Å². The highest BCUT2D eigenvalue weighted by atomic mass is 19.1. The monoisotopic (exact) mass is 470 g/mol. The fraction of sp³-hybridized carbons (Fsp3) is 0.320. The number of fused-ring (bicyclic) bond motifs is 1. The van der Waals surface area contributed by atoms with E-state index in [0.29, 0.717) is 30.2 Å². The summed E-state index contributed by atoms with van der Waals surface area (Å²) in [6, 6.07) is 5.69. The lowest BCUT2D eigenvalue weighted by atomic mass is 10.1. The van der Waals surface area contributed by atoms with Gasteiger partial charge >= 0.3 is 0 Å². The summed E-state index contributed by atoms with van der Waals surface area (Å²) in [6.07, 6.45) is 9.84. The van der Waals surface area contributed by atoms with Crippen molar-refractivity contribution in [1.82, 2.24) is 19.6 Å². The van der Waals surface area contributed by atoms with Crippen LogP contribution < -0.4 is 5.32 Å². The molecule has 34 heavy (non-hydrogen) atoms. The molecular formula is C25H28F2N4O3. The molecular weight excluding hydrogens is 442 g/mol. The zero-order chi connectivity index (χ0) is 25.4. The van der Waals surface area contributed by atoms with Crippen LogP contribution in [-0.2, 0) is 9.53 Å². The molecule has 2 amide bonds. The van der Waals surface area contributed by atoms with Gasteiger partial charge in [0, 0.05) is 44.5 Å². The largest absolute Gasteiger partial charge is 0.378 e. The van der Waals surface area contributed by atoms with Crippen LogP contribution in [0.25, 0.3) is 16.9 Å². The number of amides is 2. The molecule has 3 heterocycles. The number of hydrogen-bond acceptors (Lipinski definition) is 4. The van der Waals surface area contributed by atoms with Gasteiger partial charge in [-0.15, -0.1) is 12.8 Å². The summed E-state index contributed by atoms with van der Waals surface area (Å²) < 4.78 is 35.4. The van der Waals surface area contributed by atoms with Crippen LogP contribution in [0.4, 0.5) is 8.78 Å². The number of aryl methyl sites for hydroxylation is 2. The highest BCUT2D eigenvalue weighted by Crippen LogP contribution is 2.28. The Balaban J connectivity index is 0.000000311. The molecule has 0 bridgehead atoms. The molecule has 0 radical (unpaired) electrons. The van der Waals surface area contributed by atoms with Crippen LogP contribution in [0, 0.1) is 38.3 Å². The van der Waals surface area contributed by atoms with Crippen LogP contribution in [0.15, 0.2) is 30.5 Å². The van der Waals surface area contributed by atoms with Crippen molar-refractivity contribution in [2.75, 3.05) is 33.4 Å². The van der Waals surface area contributed by atoms with Crippen LogP contribution >= 0.6 is 0 Å². The van der Waals surface area contributed by atoms with E-state index >= 15 is 0 Å². The lowest BCUT2D eigenvalue weighted by Gasteiger charge is -2.25. The second-order valence-corrected chi connectivity index (χ2v) is 7.49. The van der Waals surface area contributed by atoms with E-state index in [4.69, 9.17) is 4.74 Å². The molecule has 1 aliphatic heterocycles. The molecule has 1 fully saturated rings. The number of pyridine rings is 1. The van der Waals surface area contributed by atoms with Crippen molar-refractivity contribution in [3.63, 3.8) is 0 Å². The van der Waals surface area contributed by atoms with Crippen LogP contribution in [-0.4, -0.2) is 59.4 Å². The first-order valence-electron chi connectivity index (χ1n) is 10.6. The van der Waals surface area contributed by atoms with Crippen molar-refractivity contribution in [3.05, 3.63) is 58.9 Å². The van der Waals surface area contributed by atoms with Crippen LogP contribution in [0.2, 0.25) is 0 Å². The summed E-state index contributed by atoms with van der Waals surface area (Å²) in [7, 11) is 1.36. The van der Waals surface area contributed by atoms with E-state index in [0.717, 1.165) is 30.8 Å². The Labute approximate surface area is 197 Å². The first-order valence-corrected chi connectivity index (χ1v) is 10.6. The van der Waals surface area contributed by atoms with Gasteiger partial charge in [-0.2, -0.15) is 0 Å². The Kier molecular flexibility index (Phi) is 9.27. The SMILES string of the molecule is C#C.CC(=O)N1CCOCC1.CNC(=O)c1cc(F)c(-c2nc3cc(C)ccn3c2C)cc1F. The molecule has 2 aromatic heterocycles. The van der Waals surface area contributed by atoms with Gasteiger partial charge in [0.1, 0.15) is 17.3 Å². The predicted octanol–water partition coefficient (Wildman–Crippen LogP) is 3.37. The molecule has 3 aromatic rings. The molecule has 0 spiro atoms. The van der Waals surface area contributed by atoms with E-state index in [-0.39, 0.29) is 17.0 Å². The smallest absolute Gasteiger partial charge is 0.254 e. The number of benzene rings is 1. The molecule has 0 aliphatic carbocycles. The third-order valence-electron chi connectivity index (χ3n) is 5.26. The summed E-state index contributed by atoms with van der Waals surface area (Å²) >= 11 is 0. The second-order valence-electron chi connectivity index (χ2n) is 7.49. The van der Waals surface area contributed by atoms with E-state index in [1.54, 1.807) is 18.7 Å². The van der Waals surface area contributed by atoms with Gasteiger partial charge in [0.2, 0.25) is 5.91 Å². The quantitative estimate of drug-likeness (QED) is 0.583. The summed E-state index contributed by atoms with van der Waals surface area (Å²) in [5.41, 5.74) is 2.45. The average Bonchev–Trinajstić information content (AvgIpc) is 3.17. The number of halogens is 2. The van der Waals surface area contributed by atoms with Gasteiger partial charge in [-0.3, -0.25) is 9.59 Å². The maximum atomic E-state index is 14.4. The maximum Gasteiger partial charge on any atom is 0.254 e. The summed E-state index contributed by atoms with van der Waals surface area (Å²) in [5, 5.41) is 2.28. The number of ether oxygens (including phenoxy) is 1. The number of carbonyl (C=O) groups excluding carboxylic acids is 2. The Morgan fingerprint density at radius 1 is 1.09 bits per heavy atom. The molecule has 7 nitrogen and oxygen atoms in total. The zero-order valence-corrected chi connectivity index (χ0v) is 19.7. The number of rotatable bonds is 2. The van der Waals surface area contributed by atoms with E-state index in [1.807, 2.05) is 29.7 Å². The van der Waals surface area contributed by atoms with Crippen molar-refractivity contribution >= 4 is 17.5 Å². The second kappa shape index (κ2) is 11.9. The molecule has 1 aliphatic rings. The number of terminal acetylenes is 1. The van der Waals surface area contributed by atoms with Crippen molar-refractivity contribution in [2.45, 2.75) is 20.8 Å².